The molecule has 0 fully saturated rings. The van der Waals surface area contributed by atoms with E-state index in [1.165, 1.54) is 6.08 Å². The molecule has 0 spiro atoms. The zero-order valence-corrected chi connectivity index (χ0v) is 8.81. The zero-order valence-electron chi connectivity index (χ0n) is 7.99. The molecule has 0 saturated carbocycles. The van der Waals surface area contributed by atoms with Crippen molar-refractivity contribution in [1.29, 1.82) is 0 Å². The van der Waals surface area contributed by atoms with Gasteiger partial charge in [-0.1, -0.05) is 29.3 Å². The van der Waals surface area contributed by atoms with E-state index in [9.17, 15) is 12.3 Å². The minimum Gasteiger partial charge on any atom is -0.190 e. The minimum atomic E-state index is -4.53. The first-order valence-electron chi connectivity index (χ1n) is 4.08. The van der Waals surface area contributed by atoms with Gasteiger partial charge < -0.3 is 0 Å². The van der Waals surface area contributed by atoms with Gasteiger partial charge in [0.1, 0.15) is 0 Å². The van der Waals surface area contributed by atoms with Crippen LogP contribution in [0.2, 0.25) is 0 Å². The molecule has 0 bridgehead atoms. The van der Waals surface area contributed by atoms with Crippen LogP contribution in [0.3, 0.4) is 0 Å². The second-order valence-corrected chi connectivity index (χ2v) is 4.42. The summed E-state index contributed by atoms with van der Waals surface area (Å²) in [5, 5.41) is 0.557. The molecule has 0 aliphatic heterocycles. The summed E-state index contributed by atoms with van der Waals surface area (Å²) in [6, 6.07) is 5.53. The Kier molecular flexibility index (Phi) is 3.06. The van der Waals surface area contributed by atoms with E-state index in [1.54, 1.807) is 12.1 Å². The first-order chi connectivity index (χ1) is 6.37. The van der Waals surface area contributed by atoms with Gasteiger partial charge in [0, 0.05) is 0 Å². The number of hydrogen-bond acceptors (Lipinski definition) is 2. The standard InChI is InChI=1S/C10H11FO2S/c1-8-5-9(2)7-10(6-8)3-4-14(11,12)13/h3-7H,1-2H3. The Labute approximate surface area is 83.3 Å². The molecule has 0 amide bonds. The van der Waals surface area contributed by atoms with E-state index < -0.39 is 10.2 Å². The van der Waals surface area contributed by atoms with E-state index in [2.05, 4.69) is 0 Å². The Balaban J connectivity index is 3.04. The van der Waals surface area contributed by atoms with E-state index in [-0.39, 0.29) is 0 Å². The van der Waals surface area contributed by atoms with E-state index in [1.807, 2.05) is 19.9 Å². The molecule has 0 heterocycles. The molecule has 0 radical (unpaired) electrons. The summed E-state index contributed by atoms with van der Waals surface area (Å²) in [6.07, 6.45) is 1.25. The van der Waals surface area contributed by atoms with E-state index in [0.717, 1.165) is 11.1 Å². The molecule has 0 N–H and O–H groups in total. The van der Waals surface area contributed by atoms with Crippen molar-refractivity contribution in [3.63, 3.8) is 0 Å². The molecule has 2 nitrogen and oxygen atoms in total. The Bertz CT molecular complexity index is 441. The summed E-state index contributed by atoms with van der Waals surface area (Å²) in [4.78, 5) is 0. The Morgan fingerprint density at radius 2 is 1.64 bits per heavy atom. The lowest BCUT2D eigenvalue weighted by atomic mass is 10.1. The van der Waals surface area contributed by atoms with Crippen LogP contribution >= 0.6 is 0 Å². The zero-order chi connectivity index (χ0) is 10.8. The van der Waals surface area contributed by atoms with Gasteiger partial charge in [0.2, 0.25) is 0 Å². The van der Waals surface area contributed by atoms with Gasteiger partial charge in [-0.15, -0.1) is 3.89 Å². The molecule has 1 rings (SSSR count). The lowest BCUT2D eigenvalue weighted by molar-refractivity contribution is 0.563. The predicted octanol–water partition coefficient (Wildman–Crippen LogP) is 2.57. The fourth-order valence-electron chi connectivity index (χ4n) is 1.27. The summed E-state index contributed by atoms with van der Waals surface area (Å²) in [6.45, 7) is 3.79. The molecule has 76 valence electrons. The Hall–Kier alpha value is -1.16. The first-order valence-corrected chi connectivity index (χ1v) is 5.52. The second-order valence-electron chi connectivity index (χ2n) is 3.20. The van der Waals surface area contributed by atoms with Crippen molar-refractivity contribution in [1.82, 2.24) is 0 Å². The van der Waals surface area contributed by atoms with Gasteiger partial charge in [-0.3, -0.25) is 0 Å². The molecule has 0 atom stereocenters. The Morgan fingerprint density at radius 1 is 1.14 bits per heavy atom. The van der Waals surface area contributed by atoms with Gasteiger partial charge in [-0.2, -0.15) is 8.42 Å². The molecule has 14 heavy (non-hydrogen) atoms. The average Bonchev–Trinajstić information content (AvgIpc) is 1.97. The van der Waals surface area contributed by atoms with Gasteiger partial charge in [-0.05, 0) is 25.5 Å². The van der Waals surface area contributed by atoms with Crippen LogP contribution in [0.25, 0.3) is 6.08 Å². The van der Waals surface area contributed by atoms with E-state index >= 15 is 0 Å². The summed E-state index contributed by atoms with van der Waals surface area (Å²) < 4.78 is 32.6. The highest BCUT2D eigenvalue weighted by molar-refractivity contribution is 7.89. The molecule has 0 saturated heterocycles. The number of aryl methyl sites for hydroxylation is 2. The lowest BCUT2D eigenvalue weighted by Gasteiger charge is -1.98. The third kappa shape index (κ3) is 3.70. The van der Waals surface area contributed by atoms with Gasteiger partial charge in [0.25, 0.3) is 0 Å². The van der Waals surface area contributed by atoms with Crippen molar-refractivity contribution < 1.29 is 12.3 Å². The largest absolute Gasteiger partial charge is 0.325 e. The number of benzene rings is 1. The van der Waals surface area contributed by atoms with Crippen LogP contribution in [0.15, 0.2) is 23.6 Å². The molecule has 0 unspecified atom stereocenters. The molecule has 1 aromatic carbocycles. The van der Waals surface area contributed by atoms with Crippen molar-refractivity contribution in [2.45, 2.75) is 13.8 Å². The molecular formula is C10H11FO2S. The second kappa shape index (κ2) is 3.92. The highest BCUT2D eigenvalue weighted by Crippen LogP contribution is 2.11. The SMILES string of the molecule is Cc1cc(C)cc(C=CS(=O)(=O)F)c1. The van der Waals surface area contributed by atoms with Crippen molar-refractivity contribution in [2.24, 2.45) is 0 Å². The summed E-state index contributed by atoms with van der Waals surface area (Å²) in [5.74, 6) is 0. The molecule has 0 aromatic heterocycles. The highest BCUT2D eigenvalue weighted by atomic mass is 32.3. The van der Waals surface area contributed by atoms with Gasteiger partial charge in [-0.25, -0.2) is 0 Å². The smallest absolute Gasteiger partial charge is 0.190 e. The molecule has 0 aliphatic rings. The van der Waals surface area contributed by atoms with E-state index in [4.69, 9.17) is 0 Å². The van der Waals surface area contributed by atoms with Crippen LogP contribution < -0.4 is 0 Å². The van der Waals surface area contributed by atoms with Crippen LogP contribution in [0.5, 0.6) is 0 Å². The number of hydrogen-bond donors (Lipinski definition) is 0. The number of rotatable bonds is 2. The normalized spacial score (nSPS) is 12.2. The predicted molar refractivity (Wildman–Crippen MR) is 55.0 cm³/mol. The highest BCUT2D eigenvalue weighted by Gasteiger charge is 1.99. The molecule has 4 heteroatoms. The van der Waals surface area contributed by atoms with Crippen LogP contribution in [0.1, 0.15) is 16.7 Å². The monoisotopic (exact) mass is 214 g/mol. The number of halogens is 1. The van der Waals surface area contributed by atoms with Crippen molar-refractivity contribution >= 4 is 16.3 Å². The molecule has 0 aliphatic carbocycles. The fraction of sp³-hybridized carbons (Fsp3) is 0.200. The average molecular weight is 214 g/mol. The third-order valence-corrected chi connectivity index (χ3v) is 2.13. The fourth-order valence-corrected chi connectivity index (χ4v) is 1.59. The van der Waals surface area contributed by atoms with Crippen LogP contribution in [-0.2, 0) is 10.2 Å². The summed E-state index contributed by atoms with van der Waals surface area (Å²) >= 11 is 0. The molecule has 1 aromatic rings. The first kappa shape index (κ1) is 10.9. The maximum atomic E-state index is 12.2. The topological polar surface area (TPSA) is 34.1 Å². The van der Waals surface area contributed by atoms with Crippen molar-refractivity contribution in [3.8, 4) is 0 Å². The quantitative estimate of drug-likeness (QED) is 0.709. The van der Waals surface area contributed by atoms with Crippen LogP contribution in [0.4, 0.5) is 3.89 Å². The maximum Gasteiger partial charge on any atom is 0.325 e. The van der Waals surface area contributed by atoms with Gasteiger partial charge in [0.05, 0.1) is 5.41 Å². The van der Waals surface area contributed by atoms with Crippen molar-refractivity contribution in [2.75, 3.05) is 0 Å². The Morgan fingerprint density at radius 3 is 2.07 bits per heavy atom. The molecular weight excluding hydrogens is 203 g/mol. The van der Waals surface area contributed by atoms with Crippen LogP contribution in [0, 0.1) is 13.8 Å². The minimum absolute atomic E-state index is 0.557. The van der Waals surface area contributed by atoms with Gasteiger partial charge in [0.15, 0.2) is 0 Å². The lowest BCUT2D eigenvalue weighted by Crippen LogP contribution is -1.83. The summed E-state index contributed by atoms with van der Waals surface area (Å²) in [7, 11) is -4.53. The van der Waals surface area contributed by atoms with Crippen molar-refractivity contribution in [3.05, 3.63) is 40.3 Å². The maximum absolute atomic E-state index is 12.2. The van der Waals surface area contributed by atoms with E-state index in [0.29, 0.717) is 11.0 Å². The van der Waals surface area contributed by atoms with Gasteiger partial charge >= 0.3 is 10.2 Å². The third-order valence-electron chi connectivity index (χ3n) is 1.67. The van der Waals surface area contributed by atoms with Crippen LogP contribution in [-0.4, -0.2) is 8.42 Å². The summed E-state index contributed by atoms with van der Waals surface area (Å²) in [5.41, 5.74) is 2.71.